The summed E-state index contributed by atoms with van der Waals surface area (Å²) in [5.74, 6) is -0.675. The van der Waals surface area contributed by atoms with E-state index < -0.39 is 11.8 Å². The molecule has 0 aliphatic heterocycles. The average molecular weight is 611 g/mol. The van der Waals surface area contributed by atoms with Gasteiger partial charge in [-0.2, -0.15) is 5.10 Å². The molecule has 0 aliphatic rings. The van der Waals surface area contributed by atoms with Gasteiger partial charge in [0.05, 0.1) is 19.4 Å². The third kappa shape index (κ3) is 9.42. The molecule has 0 atom stereocenters. The van der Waals surface area contributed by atoms with Crippen molar-refractivity contribution in [3.63, 3.8) is 0 Å². The Labute approximate surface area is 241 Å². The summed E-state index contributed by atoms with van der Waals surface area (Å²) in [5, 5.41) is 9.14. The Kier molecular flexibility index (Phi) is 11.5. The van der Waals surface area contributed by atoms with E-state index in [1.54, 1.807) is 48.5 Å². The molecule has 0 unspecified atom stereocenters. The van der Waals surface area contributed by atoms with Crippen molar-refractivity contribution in [1.29, 1.82) is 0 Å². The Morgan fingerprint density at radius 2 is 1.60 bits per heavy atom. The highest BCUT2D eigenvalue weighted by Crippen LogP contribution is 2.28. The van der Waals surface area contributed by atoms with E-state index >= 15 is 0 Å². The highest BCUT2D eigenvalue weighted by Gasteiger charge is 2.13. The van der Waals surface area contributed by atoms with Crippen molar-refractivity contribution in [1.82, 2.24) is 5.43 Å². The molecule has 10 nitrogen and oxygen atoms in total. The number of nitrogens with one attached hydrogen (secondary N) is 3. The van der Waals surface area contributed by atoms with Crippen LogP contribution in [-0.4, -0.2) is 43.8 Å². The van der Waals surface area contributed by atoms with Gasteiger partial charge >= 0.3 is 11.8 Å². The lowest BCUT2D eigenvalue weighted by Gasteiger charge is -2.13. The van der Waals surface area contributed by atoms with Crippen LogP contribution in [0.5, 0.6) is 17.2 Å². The number of halogens is 1. The molecule has 40 heavy (non-hydrogen) atoms. The standard InChI is InChI=1S/C29H31BrN4O6/c1-4-14-39-23-10-7-21(8-11-23)33-28(36)29(37)34-31-17-20-6-13-25(26(16-20)38-5-2)40-18-27(35)32-22-9-12-24(30)19(3)15-22/h6-13,15-17H,4-5,14,18H2,1-3H3,(H,32,35)(H,33,36)(H,34,37)/b31-17-. The Morgan fingerprint density at radius 1 is 0.850 bits per heavy atom. The van der Waals surface area contributed by atoms with E-state index in [9.17, 15) is 14.4 Å². The second-order valence-corrected chi connectivity index (χ2v) is 9.32. The van der Waals surface area contributed by atoms with Crippen LogP contribution >= 0.6 is 15.9 Å². The monoisotopic (exact) mass is 610 g/mol. The highest BCUT2D eigenvalue weighted by molar-refractivity contribution is 9.10. The van der Waals surface area contributed by atoms with E-state index in [1.807, 2.05) is 32.9 Å². The van der Waals surface area contributed by atoms with Gasteiger partial charge in [-0.05, 0) is 92.1 Å². The van der Waals surface area contributed by atoms with Crippen LogP contribution in [-0.2, 0) is 14.4 Å². The molecule has 0 aliphatic carbocycles. The molecular weight excluding hydrogens is 580 g/mol. The number of amides is 3. The predicted octanol–water partition coefficient (Wildman–Crippen LogP) is 5.05. The van der Waals surface area contributed by atoms with E-state index in [2.05, 4.69) is 37.1 Å². The Balaban J connectivity index is 1.52. The molecule has 3 rings (SSSR count). The normalized spacial score (nSPS) is 10.6. The molecule has 0 heterocycles. The van der Waals surface area contributed by atoms with Gasteiger partial charge in [-0.3, -0.25) is 14.4 Å². The number of nitrogens with zero attached hydrogens (tertiary/aromatic N) is 1. The molecule has 210 valence electrons. The lowest BCUT2D eigenvalue weighted by Crippen LogP contribution is -2.32. The van der Waals surface area contributed by atoms with Crippen LogP contribution in [0.3, 0.4) is 0 Å². The van der Waals surface area contributed by atoms with E-state index in [-0.39, 0.29) is 12.5 Å². The van der Waals surface area contributed by atoms with Crippen molar-refractivity contribution in [3.8, 4) is 17.2 Å². The summed E-state index contributed by atoms with van der Waals surface area (Å²) in [5.41, 5.74) is 4.88. The van der Waals surface area contributed by atoms with Crippen LogP contribution in [0.25, 0.3) is 0 Å². The van der Waals surface area contributed by atoms with Crippen LogP contribution in [0.4, 0.5) is 11.4 Å². The molecule has 3 amide bonds. The van der Waals surface area contributed by atoms with Crippen LogP contribution < -0.4 is 30.3 Å². The summed E-state index contributed by atoms with van der Waals surface area (Å²) >= 11 is 3.43. The zero-order chi connectivity index (χ0) is 28.9. The first kappa shape index (κ1) is 30.2. The van der Waals surface area contributed by atoms with Crippen molar-refractivity contribution in [2.45, 2.75) is 27.2 Å². The molecule has 0 bridgehead atoms. The van der Waals surface area contributed by atoms with E-state index in [1.165, 1.54) is 6.21 Å². The first-order valence-corrected chi connectivity index (χ1v) is 13.4. The van der Waals surface area contributed by atoms with Crippen molar-refractivity contribution in [2.75, 3.05) is 30.5 Å². The molecule has 0 fully saturated rings. The van der Waals surface area contributed by atoms with Gasteiger partial charge in [0.15, 0.2) is 18.1 Å². The van der Waals surface area contributed by atoms with Crippen LogP contribution in [0, 0.1) is 6.92 Å². The van der Waals surface area contributed by atoms with Crippen molar-refractivity contribution in [3.05, 3.63) is 76.3 Å². The SMILES string of the molecule is CCCOc1ccc(NC(=O)C(=O)N/N=C\c2ccc(OCC(=O)Nc3ccc(Br)c(C)c3)c(OCC)c2)cc1. The van der Waals surface area contributed by atoms with E-state index in [4.69, 9.17) is 14.2 Å². The van der Waals surface area contributed by atoms with Gasteiger partial charge in [0, 0.05) is 15.8 Å². The van der Waals surface area contributed by atoms with Gasteiger partial charge in [-0.1, -0.05) is 22.9 Å². The third-order valence-corrected chi connectivity index (χ3v) is 6.13. The maximum Gasteiger partial charge on any atom is 0.329 e. The Morgan fingerprint density at radius 3 is 2.30 bits per heavy atom. The molecule has 3 aromatic carbocycles. The minimum absolute atomic E-state index is 0.220. The van der Waals surface area contributed by atoms with Crippen LogP contribution in [0.1, 0.15) is 31.4 Å². The summed E-state index contributed by atoms with van der Waals surface area (Å²) in [6.45, 7) is 6.50. The number of rotatable bonds is 12. The summed E-state index contributed by atoms with van der Waals surface area (Å²) in [7, 11) is 0. The second-order valence-electron chi connectivity index (χ2n) is 8.47. The smallest absolute Gasteiger partial charge is 0.329 e. The largest absolute Gasteiger partial charge is 0.494 e. The number of anilines is 2. The summed E-state index contributed by atoms with van der Waals surface area (Å²) in [6.07, 6.45) is 2.25. The summed E-state index contributed by atoms with van der Waals surface area (Å²) < 4.78 is 17.8. The first-order valence-electron chi connectivity index (χ1n) is 12.6. The van der Waals surface area contributed by atoms with E-state index in [0.29, 0.717) is 47.4 Å². The fourth-order valence-electron chi connectivity index (χ4n) is 3.31. The predicted molar refractivity (Wildman–Crippen MR) is 157 cm³/mol. The molecule has 0 radical (unpaired) electrons. The Bertz CT molecular complexity index is 1360. The zero-order valence-electron chi connectivity index (χ0n) is 22.5. The number of hydrogen-bond acceptors (Lipinski definition) is 7. The van der Waals surface area contributed by atoms with Crippen molar-refractivity contribution >= 4 is 51.2 Å². The molecule has 0 saturated carbocycles. The molecule has 3 aromatic rings. The maximum absolute atomic E-state index is 12.4. The Hall–Kier alpha value is -4.38. The minimum atomic E-state index is -0.931. The zero-order valence-corrected chi connectivity index (χ0v) is 24.0. The average Bonchev–Trinajstić information content (AvgIpc) is 2.94. The topological polar surface area (TPSA) is 127 Å². The van der Waals surface area contributed by atoms with E-state index in [0.717, 1.165) is 16.5 Å². The highest BCUT2D eigenvalue weighted by atomic mass is 79.9. The van der Waals surface area contributed by atoms with Crippen molar-refractivity contribution < 1.29 is 28.6 Å². The second kappa shape index (κ2) is 15.3. The lowest BCUT2D eigenvalue weighted by molar-refractivity contribution is -0.136. The molecule has 3 N–H and O–H groups in total. The minimum Gasteiger partial charge on any atom is -0.494 e. The number of hydrogen-bond donors (Lipinski definition) is 3. The van der Waals surface area contributed by atoms with Gasteiger partial charge in [-0.15, -0.1) is 0 Å². The van der Waals surface area contributed by atoms with Gasteiger partial charge in [0.25, 0.3) is 5.91 Å². The number of carbonyl (C=O) groups excluding carboxylic acids is 3. The molecule has 0 aromatic heterocycles. The maximum atomic E-state index is 12.4. The molecule has 0 saturated heterocycles. The quantitative estimate of drug-likeness (QED) is 0.150. The lowest BCUT2D eigenvalue weighted by atomic mass is 10.2. The van der Waals surface area contributed by atoms with Gasteiger partial charge in [-0.25, -0.2) is 5.43 Å². The fraction of sp³-hybridized carbons (Fsp3) is 0.241. The molecule has 0 spiro atoms. The summed E-state index contributed by atoms with van der Waals surface area (Å²) in [6, 6.07) is 17.2. The molecule has 11 heteroatoms. The fourth-order valence-corrected chi connectivity index (χ4v) is 3.56. The van der Waals surface area contributed by atoms with Gasteiger partial charge < -0.3 is 24.8 Å². The number of carbonyl (C=O) groups is 3. The number of benzene rings is 3. The van der Waals surface area contributed by atoms with Crippen molar-refractivity contribution in [2.24, 2.45) is 5.10 Å². The van der Waals surface area contributed by atoms with Gasteiger partial charge in [0.2, 0.25) is 0 Å². The number of ether oxygens (including phenoxy) is 3. The van der Waals surface area contributed by atoms with Gasteiger partial charge in [0.1, 0.15) is 5.75 Å². The third-order valence-electron chi connectivity index (χ3n) is 5.24. The van der Waals surface area contributed by atoms with Crippen LogP contribution in [0.2, 0.25) is 0 Å². The number of aryl methyl sites for hydroxylation is 1. The molecular formula is C29H31BrN4O6. The van der Waals surface area contributed by atoms with Crippen LogP contribution in [0.15, 0.2) is 70.2 Å². The summed E-state index contributed by atoms with van der Waals surface area (Å²) in [4.78, 5) is 36.7. The number of hydrazone groups is 1. The first-order chi connectivity index (χ1) is 19.3.